The van der Waals surface area contributed by atoms with Crippen molar-refractivity contribution in [1.29, 1.82) is 0 Å². The zero-order valence-electron chi connectivity index (χ0n) is 14.2. The van der Waals surface area contributed by atoms with Gasteiger partial charge in [0.05, 0.1) is 11.0 Å². The van der Waals surface area contributed by atoms with Crippen molar-refractivity contribution in [2.24, 2.45) is 0 Å². The second kappa shape index (κ2) is 6.14. The second-order valence-corrected chi connectivity index (χ2v) is 6.23. The average Bonchev–Trinajstić information content (AvgIpc) is 3.31. The van der Waals surface area contributed by atoms with Gasteiger partial charge in [-0.2, -0.15) is 5.10 Å². The molecular weight excluding hydrogens is 340 g/mol. The van der Waals surface area contributed by atoms with Crippen LogP contribution in [0.4, 0.5) is 0 Å². The van der Waals surface area contributed by atoms with E-state index in [0.29, 0.717) is 28.9 Å². The number of nitrogens with zero attached hydrogens (tertiary/aromatic N) is 4. The summed E-state index contributed by atoms with van der Waals surface area (Å²) in [6.45, 7) is 0. The maximum absolute atomic E-state index is 12.6. The Bertz CT molecular complexity index is 1260. The van der Waals surface area contributed by atoms with E-state index in [-0.39, 0.29) is 5.78 Å². The molecule has 7 heteroatoms. The molecule has 0 fully saturated rings. The van der Waals surface area contributed by atoms with Crippen LogP contribution in [0.2, 0.25) is 0 Å². The minimum absolute atomic E-state index is 0.0738. The van der Waals surface area contributed by atoms with Crippen LogP contribution in [0.5, 0.6) is 0 Å². The van der Waals surface area contributed by atoms with Crippen LogP contribution in [0.25, 0.3) is 33.5 Å². The fourth-order valence-corrected chi connectivity index (χ4v) is 3.09. The Kier molecular flexibility index (Phi) is 3.50. The van der Waals surface area contributed by atoms with Crippen LogP contribution in [0.15, 0.2) is 60.9 Å². The molecule has 7 nitrogen and oxygen atoms in total. The van der Waals surface area contributed by atoms with Gasteiger partial charge in [-0.25, -0.2) is 9.97 Å². The van der Waals surface area contributed by atoms with Crippen molar-refractivity contribution in [3.05, 3.63) is 72.3 Å². The van der Waals surface area contributed by atoms with Crippen LogP contribution in [-0.2, 0) is 6.42 Å². The summed E-state index contributed by atoms with van der Waals surface area (Å²) in [5.41, 5.74) is 5.28. The fourth-order valence-electron chi connectivity index (χ4n) is 3.09. The lowest BCUT2D eigenvalue weighted by Gasteiger charge is -1.97. The first-order chi connectivity index (χ1) is 13.3. The molecule has 2 N–H and O–H groups in total. The van der Waals surface area contributed by atoms with Gasteiger partial charge in [-0.15, -0.1) is 0 Å². The van der Waals surface area contributed by atoms with Crippen LogP contribution in [0.1, 0.15) is 16.2 Å². The molecule has 130 valence electrons. The number of fused-ring (bicyclic) bond motifs is 2. The van der Waals surface area contributed by atoms with Crippen LogP contribution in [-0.4, -0.2) is 35.9 Å². The summed E-state index contributed by atoms with van der Waals surface area (Å²) in [4.78, 5) is 28.7. The van der Waals surface area contributed by atoms with Crippen LogP contribution in [0.3, 0.4) is 0 Å². The molecule has 0 spiro atoms. The minimum atomic E-state index is -0.0738. The van der Waals surface area contributed by atoms with Crippen molar-refractivity contribution in [2.75, 3.05) is 0 Å². The Morgan fingerprint density at radius 2 is 1.78 bits per heavy atom. The summed E-state index contributed by atoms with van der Waals surface area (Å²) in [6, 6.07) is 15.2. The quantitative estimate of drug-likeness (QED) is 0.482. The van der Waals surface area contributed by atoms with Crippen LogP contribution in [0, 0.1) is 0 Å². The monoisotopic (exact) mass is 354 g/mol. The molecule has 4 aromatic heterocycles. The lowest BCUT2D eigenvalue weighted by molar-refractivity contribution is 0.0984. The highest BCUT2D eigenvalue weighted by atomic mass is 16.1. The molecule has 0 aliphatic carbocycles. The summed E-state index contributed by atoms with van der Waals surface area (Å²) in [7, 11) is 0. The molecule has 4 heterocycles. The van der Waals surface area contributed by atoms with Crippen LogP contribution < -0.4 is 0 Å². The van der Waals surface area contributed by atoms with E-state index < -0.39 is 0 Å². The minimum Gasteiger partial charge on any atom is -0.334 e. The number of pyridine rings is 2. The summed E-state index contributed by atoms with van der Waals surface area (Å²) >= 11 is 0. The van der Waals surface area contributed by atoms with Gasteiger partial charge in [-0.3, -0.25) is 14.9 Å². The van der Waals surface area contributed by atoms with Crippen LogP contribution >= 0.6 is 0 Å². The van der Waals surface area contributed by atoms with Gasteiger partial charge in [-0.05, 0) is 23.8 Å². The number of hydrogen-bond donors (Lipinski definition) is 2. The number of benzene rings is 1. The second-order valence-electron chi connectivity index (χ2n) is 6.23. The summed E-state index contributed by atoms with van der Waals surface area (Å²) in [6.07, 6.45) is 3.72. The molecule has 5 aromatic rings. The van der Waals surface area contributed by atoms with Gasteiger partial charge in [0.1, 0.15) is 11.2 Å². The van der Waals surface area contributed by atoms with Crippen molar-refractivity contribution in [1.82, 2.24) is 30.1 Å². The molecule has 0 aliphatic rings. The van der Waals surface area contributed by atoms with Gasteiger partial charge in [0.2, 0.25) is 5.78 Å². The molecule has 0 radical (unpaired) electrons. The molecule has 1 aromatic carbocycles. The number of rotatable bonds is 4. The first kappa shape index (κ1) is 15.4. The lowest BCUT2D eigenvalue weighted by atomic mass is 10.1. The molecule has 0 saturated carbocycles. The highest BCUT2D eigenvalue weighted by Gasteiger charge is 2.16. The topological polar surface area (TPSA) is 100 Å². The van der Waals surface area contributed by atoms with Crippen molar-refractivity contribution >= 4 is 28.0 Å². The molecule has 0 unspecified atom stereocenters. The SMILES string of the molecule is O=C(Cc1ccccc1)c1nc2nc3c(-c4ccncc4)n[nH]c3cc2[nH]1. The Balaban J connectivity index is 1.55. The molecule has 0 atom stereocenters. The average molecular weight is 354 g/mol. The maximum atomic E-state index is 12.6. The third kappa shape index (κ3) is 2.75. The highest BCUT2D eigenvalue weighted by molar-refractivity contribution is 5.99. The standard InChI is InChI=1S/C20H14N6O/c27-16(10-12-4-2-1-3-5-12)20-22-15-11-14-18(23-19(15)24-20)17(26-25-14)13-6-8-21-9-7-13/h1-9,11H,10H2,(H,25,26)(H,22,23,24). The molecule has 0 amide bonds. The maximum Gasteiger partial charge on any atom is 0.202 e. The Hall–Kier alpha value is -3.87. The van der Waals surface area contributed by atoms with Gasteiger partial charge < -0.3 is 4.98 Å². The lowest BCUT2D eigenvalue weighted by Crippen LogP contribution is -2.05. The Labute approximate surface area is 153 Å². The third-order valence-corrected chi connectivity index (χ3v) is 4.41. The fraction of sp³-hybridized carbons (Fsp3) is 0.0500. The number of imidazole rings is 1. The number of nitrogens with one attached hydrogen (secondary N) is 2. The molecule has 0 saturated heterocycles. The molecule has 0 aliphatic heterocycles. The predicted molar refractivity (Wildman–Crippen MR) is 101 cm³/mol. The first-order valence-corrected chi connectivity index (χ1v) is 8.50. The van der Waals surface area contributed by atoms with Crippen molar-refractivity contribution < 1.29 is 4.79 Å². The number of carbonyl (C=O) groups excluding carboxylic acids is 1. The summed E-state index contributed by atoms with van der Waals surface area (Å²) in [5, 5.41) is 7.35. The number of hydrogen-bond acceptors (Lipinski definition) is 5. The zero-order valence-corrected chi connectivity index (χ0v) is 14.2. The van der Waals surface area contributed by atoms with Gasteiger partial charge in [0.25, 0.3) is 0 Å². The summed E-state index contributed by atoms with van der Waals surface area (Å²) in [5.74, 6) is 0.239. The van der Waals surface area contributed by atoms with Gasteiger partial charge in [-0.1, -0.05) is 30.3 Å². The van der Waals surface area contributed by atoms with E-state index in [2.05, 4.69) is 30.1 Å². The van der Waals surface area contributed by atoms with E-state index in [4.69, 9.17) is 0 Å². The highest BCUT2D eigenvalue weighted by Crippen LogP contribution is 2.26. The molecule has 0 bridgehead atoms. The van der Waals surface area contributed by atoms with E-state index in [9.17, 15) is 4.79 Å². The van der Waals surface area contributed by atoms with Gasteiger partial charge >= 0.3 is 0 Å². The van der Waals surface area contributed by atoms with E-state index in [0.717, 1.165) is 22.3 Å². The van der Waals surface area contributed by atoms with E-state index in [1.165, 1.54) is 0 Å². The van der Waals surface area contributed by atoms with E-state index in [1.807, 2.05) is 48.5 Å². The predicted octanol–water partition coefficient (Wildman–Crippen LogP) is 3.32. The van der Waals surface area contributed by atoms with Crippen molar-refractivity contribution in [3.63, 3.8) is 0 Å². The van der Waals surface area contributed by atoms with E-state index >= 15 is 0 Å². The third-order valence-electron chi connectivity index (χ3n) is 4.41. The molecule has 27 heavy (non-hydrogen) atoms. The zero-order chi connectivity index (χ0) is 18.2. The van der Waals surface area contributed by atoms with Crippen molar-refractivity contribution in [3.8, 4) is 11.3 Å². The first-order valence-electron chi connectivity index (χ1n) is 8.50. The normalized spacial score (nSPS) is 11.3. The Morgan fingerprint density at radius 1 is 0.963 bits per heavy atom. The largest absolute Gasteiger partial charge is 0.334 e. The summed E-state index contributed by atoms with van der Waals surface area (Å²) < 4.78 is 0. The number of H-pyrrole nitrogens is 2. The van der Waals surface area contributed by atoms with Gasteiger partial charge in [0.15, 0.2) is 11.5 Å². The number of Topliss-reactive ketones (excluding diaryl/α,β-unsaturated/α-hetero) is 1. The molecular formula is C20H14N6O. The number of carbonyl (C=O) groups is 1. The molecule has 5 rings (SSSR count). The number of aromatic nitrogens is 6. The number of aromatic amines is 2. The smallest absolute Gasteiger partial charge is 0.202 e. The van der Waals surface area contributed by atoms with Gasteiger partial charge in [0, 0.05) is 24.4 Å². The Morgan fingerprint density at radius 3 is 2.59 bits per heavy atom. The van der Waals surface area contributed by atoms with E-state index in [1.54, 1.807) is 12.4 Å². The van der Waals surface area contributed by atoms with Crippen molar-refractivity contribution in [2.45, 2.75) is 6.42 Å². The number of ketones is 1.